The number of nitrogens with two attached hydrogens (primary N) is 1. The number of amides is 2. The molecular formula is C19H20ClN3O6S2. The highest BCUT2D eigenvalue weighted by Crippen LogP contribution is 2.31. The molecule has 166 valence electrons. The van der Waals surface area contributed by atoms with E-state index in [9.17, 15) is 26.4 Å². The minimum absolute atomic E-state index is 0.00962. The zero-order valence-corrected chi connectivity index (χ0v) is 18.8. The fraction of sp³-hybridized carbons (Fsp3) is 0.263. The predicted octanol–water partition coefficient (Wildman–Crippen LogP) is 1.27. The standard InChI is InChI=1S/C19H20ClN3O6S2/c1-12-11-30(26,27)23(19(12)25)14-4-7-17(20)16(10-14)18(24)22-9-8-13-2-5-15(6-3-13)31(21,28)29/h2-7,10,12H,8-9,11H2,1H3,(H,22,24)(H2,21,28,29). The molecule has 0 spiro atoms. The van der Waals surface area contributed by atoms with Gasteiger partial charge < -0.3 is 5.32 Å². The number of nitrogens with zero attached hydrogens (tertiary/aromatic N) is 1. The Balaban J connectivity index is 1.71. The highest BCUT2D eigenvalue weighted by Gasteiger charge is 2.42. The first-order valence-electron chi connectivity index (χ1n) is 9.16. The van der Waals surface area contributed by atoms with Gasteiger partial charge in [0.2, 0.25) is 26.0 Å². The first-order chi connectivity index (χ1) is 14.4. The number of hydrogen-bond acceptors (Lipinski definition) is 6. The third-order valence-electron chi connectivity index (χ3n) is 4.74. The minimum Gasteiger partial charge on any atom is -0.352 e. The van der Waals surface area contributed by atoms with Gasteiger partial charge in [-0.05, 0) is 42.3 Å². The van der Waals surface area contributed by atoms with Crippen molar-refractivity contribution in [2.45, 2.75) is 18.2 Å². The first kappa shape index (κ1) is 23.2. The number of rotatable bonds is 6. The quantitative estimate of drug-likeness (QED) is 0.630. The van der Waals surface area contributed by atoms with Gasteiger partial charge in [-0.15, -0.1) is 0 Å². The summed E-state index contributed by atoms with van der Waals surface area (Å²) in [5, 5.41) is 7.84. The molecule has 0 radical (unpaired) electrons. The van der Waals surface area contributed by atoms with Crippen molar-refractivity contribution in [3.8, 4) is 0 Å². The largest absolute Gasteiger partial charge is 0.352 e. The van der Waals surface area contributed by atoms with E-state index >= 15 is 0 Å². The third-order valence-corrected chi connectivity index (χ3v) is 7.87. The molecule has 1 aliphatic heterocycles. The van der Waals surface area contributed by atoms with Crippen LogP contribution < -0.4 is 14.8 Å². The van der Waals surface area contributed by atoms with E-state index in [-0.39, 0.29) is 33.5 Å². The van der Waals surface area contributed by atoms with E-state index in [1.807, 2.05) is 0 Å². The summed E-state index contributed by atoms with van der Waals surface area (Å²) >= 11 is 6.11. The van der Waals surface area contributed by atoms with Crippen molar-refractivity contribution in [2.24, 2.45) is 11.1 Å². The van der Waals surface area contributed by atoms with Crippen LogP contribution in [0, 0.1) is 5.92 Å². The number of carbonyl (C=O) groups is 2. The summed E-state index contributed by atoms with van der Waals surface area (Å²) in [6, 6.07) is 9.94. The number of halogens is 1. The summed E-state index contributed by atoms with van der Waals surface area (Å²) < 4.78 is 47.9. The predicted molar refractivity (Wildman–Crippen MR) is 116 cm³/mol. The number of anilines is 1. The molecule has 12 heteroatoms. The van der Waals surface area contributed by atoms with Gasteiger partial charge in [0, 0.05) is 6.54 Å². The van der Waals surface area contributed by atoms with Crippen molar-refractivity contribution in [2.75, 3.05) is 16.6 Å². The summed E-state index contributed by atoms with van der Waals surface area (Å²) in [6.07, 6.45) is 0.407. The van der Waals surface area contributed by atoms with Crippen LogP contribution in [-0.2, 0) is 31.3 Å². The fourth-order valence-electron chi connectivity index (χ4n) is 3.16. The van der Waals surface area contributed by atoms with E-state index in [0.29, 0.717) is 10.7 Å². The Morgan fingerprint density at radius 3 is 2.42 bits per heavy atom. The first-order valence-corrected chi connectivity index (χ1v) is 12.7. The number of hydrogen-bond donors (Lipinski definition) is 2. The van der Waals surface area contributed by atoms with E-state index < -0.39 is 37.8 Å². The van der Waals surface area contributed by atoms with Gasteiger partial charge in [0.15, 0.2) is 0 Å². The Hall–Kier alpha value is -2.47. The van der Waals surface area contributed by atoms with Crippen LogP contribution in [0.15, 0.2) is 47.4 Å². The van der Waals surface area contributed by atoms with Gasteiger partial charge in [0.1, 0.15) is 0 Å². The van der Waals surface area contributed by atoms with Gasteiger partial charge in [0.25, 0.3) is 5.91 Å². The van der Waals surface area contributed by atoms with Crippen LogP contribution in [0.3, 0.4) is 0 Å². The molecule has 2 amide bonds. The lowest BCUT2D eigenvalue weighted by Gasteiger charge is -2.17. The molecule has 0 bridgehead atoms. The van der Waals surface area contributed by atoms with Crippen molar-refractivity contribution in [1.82, 2.24) is 5.32 Å². The second-order valence-electron chi connectivity index (χ2n) is 7.14. The van der Waals surface area contributed by atoms with Crippen LogP contribution >= 0.6 is 11.6 Å². The zero-order chi connectivity index (χ0) is 23.0. The Bertz CT molecular complexity index is 1240. The molecule has 31 heavy (non-hydrogen) atoms. The Morgan fingerprint density at radius 2 is 1.87 bits per heavy atom. The fourth-order valence-corrected chi connectivity index (χ4v) is 5.69. The average molecular weight is 486 g/mol. The Kier molecular flexibility index (Phi) is 6.42. The van der Waals surface area contributed by atoms with E-state index in [0.717, 1.165) is 5.56 Å². The lowest BCUT2D eigenvalue weighted by atomic mass is 10.1. The molecule has 0 aromatic heterocycles. The van der Waals surface area contributed by atoms with Gasteiger partial charge in [-0.3, -0.25) is 9.59 Å². The Morgan fingerprint density at radius 1 is 1.23 bits per heavy atom. The SMILES string of the molecule is CC1CS(=O)(=O)N(c2ccc(Cl)c(C(=O)NCCc3ccc(S(N)(=O)=O)cc3)c2)C1=O. The lowest BCUT2D eigenvalue weighted by Crippen LogP contribution is -2.31. The van der Waals surface area contributed by atoms with E-state index in [4.69, 9.17) is 16.7 Å². The van der Waals surface area contributed by atoms with Crippen molar-refractivity contribution in [3.63, 3.8) is 0 Å². The molecule has 2 aromatic carbocycles. The van der Waals surface area contributed by atoms with Crippen molar-refractivity contribution < 1.29 is 26.4 Å². The molecule has 1 atom stereocenters. The molecule has 0 aliphatic carbocycles. The number of primary sulfonamides is 1. The molecule has 3 N–H and O–H groups in total. The molecule has 1 fully saturated rings. The molecule has 0 saturated carbocycles. The van der Waals surface area contributed by atoms with Gasteiger partial charge in [-0.2, -0.15) is 0 Å². The van der Waals surface area contributed by atoms with Gasteiger partial charge in [0.05, 0.1) is 32.8 Å². The maximum atomic E-state index is 12.6. The summed E-state index contributed by atoms with van der Waals surface area (Å²) in [5.74, 6) is -2.06. The summed E-state index contributed by atoms with van der Waals surface area (Å²) in [5.41, 5.74) is 0.865. The molecule has 2 aromatic rings. The number of carbonyl (C=O) groups excluding carboxylic acids is 2. The van der Waals surface area contributed by atoms with Crippen LogP contribution in [0.5, 0.6) is 0 Å². The summed E-state index contributed by atoms with van der Waals surface area (Å²) in [6.45, 7) is 1.74. The molecule has 1 heterocycles. The molecule has 1 aliphatic rings. The second-order valence-corrected chi connectivity index (χ2v) is 11.0. The summed E-state index contributed by atoms with van der Waals surface area (Å²) in [4.78, 5) is 24.8. The lowest BCUT2D eigenvalue weighted by molar-refractivity contribution is -0.119. The second kappa shape index (κ2) is 8.58. The summed E-state index contributed by atoms with van der Waals surface area (Å²) in [7, 11) is -7.58. The molecule has 9 nitrogen and oxygen atoms in total. The molecule has 3 rings (SSSR count). The molecular weight excluding hydrogens is 466 g/mol. The smallest absolute Gasteiger partial charge is 0.252 e. The van der Waals surface area contributed by atoms with Crippen molar-refractivity contribution >= 4 is 49.1 Å². The molecule has 1 unspecified atom stereocenters. The number of benzene rings is 2. The number of sulfonamides is 2. The monoisotopic (exact) mass is 485 g/mol. The van der Waals surface area contributed by atoms with Crippen molar-refractivity contribution in [1.29, 1.82) is 0 Å². The zero-order valence-electron chi connectivity index (χ0n) is 16.4. The van der Waals surface area contributed by atoms with Gasteiger partial charge in [-0.1, -0.05) is 30.7 Å². The molecule has 1 saturated heterocycles. The normalized spacial score (nSPS) is 18.2. The van der Waals surface area contributed by atoms with E-state index in [1.54, 1.807) is 12.1 Å². The minimum atomic E-state index is -3.80. The third kappa shape index (κ3) is 5.06. The van der Waals surface area contributed by atoms with Crippen LogP contribution in [-0.4, -0.2) is 40.9 Å². The van der Waals surface area contributed by atoms with Crippen LogP contribution in [0.2, 0.25) is 5.02 Å². The van der Waals surface area contributed by atoms with Gasteiger partial charge in [-0.25, -0.2) is 26.3 Å². The maximum absolute atomic E-state index is 12.6. The maximum Gasteiger partial charge on any atom is 0.252 e. The average Bonchev–Trinajstić information content (AvgIpc) is 2.89. The van der Waals surface area contributed by atoms with Crippen molar-refractivity contribution in [3.05, 3.63) is 58.6 Å². The van der Waals surface area contributed by atoms with Crippen LogP contribution in [0.4, 0.5) is 5.69 Å². The topological polar surface area (TPSA) is 144 Å². The highest BCUT2D eigenvalue weighted by molar-refractivity contribution is 7.94. The van der Waals surface area contributed by atoms with E-state index in [1.165, 1.54) is 37.3 Å². The van der Waals surface area contributed by atoms with E-state index in [2.05, 4.69) is 5.32 Å². The van der Waals surface area contributed by atoms with Crippen LogP contribution in [0.1, 0.15) is 22.8 Å². The van der Waals surface area contributed by atoms with Gasteiger partial charge >= 0.3 is 0 Å². The Labute approximate surface area is 185 Å². The van der Waals surface area contributed by atoms with Crippen LogP contribution in [0.25, 0.3) is 0 Å². The highest BCUT2D eigenvalue weighted by atomic mass is 35.5. The number of nitrogens with one attached hydrogen (secondary N) is 1.